The van der Waals surface area contributed by atoms with Gasteiger partial charge in [-0.1, -0.05) is 26.0 Å². The van der Waals surface area contributed by atoms with Crippen LogP contribution in [-0.4, -0.2) is 29.9 Å². The highest BCUT2D eigenvalue weighted by molar-refractivity contribution is 5.99. The Labute approximate surface area is 118 Å². The Bertz CT molecular complexity index is 525. The van der Waals surface area contributed by atoms with Gasteiger partial charge in [0.05, 0.1) is 0 Å². The molecule has 1 heterocycles. The summed E-state index contributed by atoms with van der Waals surface area (Å²) < 4.78 is 12.9. The largest absolute Gasteiger partial charge is 0.341 e. The average molecular weight is 278 g/mol. The second-order valence-electron chi connectivity index (χ2n) is 5.80. The van der Waals surface area contributed by atoms with Crippen molar-refractivity contribution in [2.24, 2.45) is 5.41 Å². The molecule has 0 bridgehead atoms. The fourth-order valence-corrected chi connectivity index (χ4v) is 2.69. The maximum atomic E-state index is 12.9. The van der Waals surface area contributed by atoms with E-state index in [1.807, 2.05) is 13.8 Å². The number of hydrogen-bond acceptors (Lipinski definition) is 2. The SMILES string of the molecule is CNC(=O)N1C(=O)C(C)(C)CC1Cc1ccc(F)cc1. The van der Waals surface area contributed by atoms with Crippen molar-refractivity contribution in [1.82, 2.24) is 10.2 Å². The number of hydrogen-bond donors (Lipinski definition) is 1. The number of carbonyl (C=O) groups excluding carboxylic acids is 2. The molecule has 1 aromatic rings. The van der Waals surface area contributed by atoms with Crippen molar-refractivity contribution in [3.63, 3.8) is 0 Å². The molecule has 0 radical (unpaired) electrons. The molecule has 1 aliphatic rings. The standard InChI is InChI=1S/C15H19FN2O2/c1-15(2)9-12(18(13(15)19)14(20)17-3)8-10-4-6-11(16)7-5-10/h4-7,12H,8-9H2,1-3H3,(H,17,20). The molecule has 0 saturated carbocycles. The van der Waals surface area contributed by atoms with Crippen molar-refractivity contribution in [3.8, 4) is 0 Å². The van der Waals surface area contributed by atoms with Crippen molar-refractivity contribution in [2.75, 3.05) is 7.05 Å². The Morgan fingerprint density at radius 1 is 1.40 bits per heavy atom. The molecule has 0 spiro atoms. The number of amides is 3. The minimum Gasteiger partial charge on any atom is -0.341 e. The third-order valence-electron chi connectivity index (χ3n) is 3.73. The van der Waals surface area contributed by atoms with E-state index in [1.54, 1.807) is 12.1 Å². The molecule has 3 amide bonds. The van der Waals surface area contributed by atoms with Crippen molar-refractivity contribution in [1.29, 1.82) is 0 Å². The zero-order valence-electron chi connectivity index (χ0n) is 11.9. The van der Waals surface area contributed by atoms with E-state index in [0.29, 0.717) is 12.8 Å². The van der Waals surface area contributed by atoms with Crippen molar-refractivity contribution in [3.05, 3.63) is 35.6 Å². The van der Waals surface area contributed by atoms with Crippen LogP contribution in [0.1, 0.15) is 25.8 Å². The van der Waals surface area contributed by atoms with E-state index < -0.39 is 5.41 Å². The number of urea groups is 1. The fraction of sp³-hybridized carbons (Fsp3) is 0.467. The predicted octanol–water partition coefficient (Wildman–Crippen LogP) is 2.33. The lowest BCUT2D eigenvalue weighted by molar-refractivity contribution is -0.132. The molecule has 20 heavy (non-hydrogen) atoms. The summed E-state index contributed by atoms with van der Waals surface area (Å²) in [5.41, 5.74) is 0.368. The van der Waals surface area contributed by atoms with Crippen LogP contribution in [-0.2, 0) is 11.2 Å². The number of benzene rings is 1. The molecule has 1 unspecified atom stereocenters. The van der Waals surface area contributed by atoms with Gasteiger partial charge in [0.1, 0.15) is 5.82 Å². The van der Waals surface area contributed by atoms with Gasteiger partial charge in [-0.3, -0.25) is 9.69 Å². The Balaban J connectivity index is 2.22. The first kappa shape index (κ1) is 14.5. The summed E-state index contributed by atoms with van der Waals surface area (Å²) >= 11 is 0. The van der Waals surface area contributed by atoms with Crippen LogP contribution in [0.5, 0.6) is 0 Å². The molecule has 1 fully saturated rings. The highest BCUT2D eigenvalue weighted by Crippen LogP contribution is 2.36. The number of carbonyl (C=O) groups is 2. The van der Waals surface area contributed by atoms with E-state index >= 15 is 0 Å². The fourth-order valence-electron chi connectivity index (χ4n) is 2.69. The van der Waals surface area contributed by atoms with Crippen LogP contribution in [0.15, 0.2) is 24.3 Å². The molecule has 2 rings (SSSR count). The van der Waals surface area contributed by atoms with Gasteiger partial charge in [-0.15, -0.1) is 0 Å². The van der Waals surface area contributed by atoms with E-state index in [1.165, 1.54) is 24.1 Å². The Morgan fingerprint density at radius 3 is 2.55 bits per heavy atom. The lowest BCUT2D eigenvalue weighted by Gasteiger charge is -2.22. The van der Waals surface area contributed by atoms with Crippen LogP contribution < -0.4 is 5.32 Å². The summed E-state index contributed by atoms with van der Waals surface area (Å²) in [5, 5.41) is 2.51. The van der Waals surface area contributed by atoms with E-state index in [-0.39, 0.29) is 23.8 Å². The summed E-state index contributed by atoms with van der Waals surface area (Å²) in [6.07, 6.45) is 1.15. The maximum Gasteiger partial charge on any atom is 0.324 e. The summed E-state index contributed by atoms with van der Waals surface area (Å²) in [6, 6.07) is 5.58. The summed E-state index contributed by atoms with van der Waals surface area (Å²) in [6.45, 7) is 3.69. The minimum atomic E-state index is -0.544. The second kappa shape index (κ2) is 5.23. The van der Waals surface area contributed by atoms with E-state index in [4.69, 9.17) is 0 Å². The molecule has 0 aliphatic carbocycles. The van der Waals surface area contributed by atoms with E-state index in [9.17, 15) is 14.0 Å². The minimum absolute atomic E-state index is 0.163. The van der Waals surface area contributed by atoms with Gasteiger partial charge in [0.25, 0.3) is 0 Å². The van der Waals surface area contributed by atoms with Crippen LogP contribution in [0.2, 0.25) is 0 Å². The van der Waals surface area contributed by atoms with Gasteiger partial charge in [0.15, 0.2) is 0 Å². The number of likely N-dealkylation sites (tertiary alicyclic amines) is 1. The van der Waals surface area contributed by atoms with Gasteiger partial charge >= 0.3 is 6.03 Å². The third kappa shape index (κ3) is 2.66. The molecule has 1 aromatic carbocycles. The molecule has 1 saturated heterocycles. The van der Waals surface area contributed by atoms with Crippen molar-refractivity contribution < 1.29 is 14.0 Å². The predicted molar refractivity (Wildman–Crippen MR) is 73.6 cm³/mol. The Hall–Kier alpha value is -1.91. The normalized spacial score (nSPS) is 21.1. The van der Waals surface area contributed by atoms with E-state index in [0.717, 1.165) is 5.56 Å². The van der Waals surface area contributed by atoms with Gasteiger partial charge in [0, 0.05) is 18.5 Å². The number of halogens is 1. The Morgan fingerprint density at radius 2 is 2.00 bits per heavy atom. The number of rotatable bonds is 2. The van der Waals surface area contributed by atoms with Crippen LogP contribution >= 0.6 is 0 Å². The second-order valence-corrected chi connectivity index (χ2v) is 5.80. The molecular formula is C15H19FN2O2. The quantitative estimate of drug-likeness (QED) is 0.902. The lowest BCUT2D eigenvalue weighted by atomic mass is 9.88. The zero-order chi connectivity index (χ0) is 14.9. The first-order valence-corrected chi connectivity index (χ1v) is 6.65. The van der Waals surface area contributed by atoms with Crippen LogP contribution in [0.25, 0.3) is 0 Å². The molecule has 1 aliphatic heterocycles. The Kier molecular flexibility index (Phi) is 3.79. The molecule has 108 valence electrons. The number of nitrogens with one attached hydrogen (secondary N) is 1. The molecule has 1 atom stereocenters. The topological polar surface area (TPSA) is 49.4 Å². The van der Waals surface area contributed by atoms with Crippen LogP contribution in [0.4, 0.5) is 9.18 Å². The van der Waals surface area contributed by atoms with Gasteiger partial charge < -0.3 is 5.32 Å². The first-order chi connectivity index (χ1) is 9.35. The molecular weight excluding hydrogens is 259 g/mol. The highest BCUT2D eigenvalue weighted by atomic mass is 19.1. The zero-order valence-corrected chi connectivity index (χ0v) is 11.9. The third-order valence-corrected chi connectivity index (χ3v) is 3.73. The molecule has 0 aromatic heterocycles. The van der Waals surface area contributed by atoms with Crippen molar-refractivity contribution in [2.45, 2.75) is 32.7 Å². The summed E-state index contributed by atoms with van der Waals surface area (Å²) in [7, 11) is 1.51. The van der Waals surface area contributed by atoms with Gasteiger partial charge in [-0.25, -0.2) is 9.18 Å². The molecule has 4 nitrogen and oxygen atoms in total. The number of nitrogens with zero attached hydrogens (tertiary/aromatic N) is 1. The van der Waals surface area contributed by atoms with Crippen LogP contribution in [0, 0.1) is 11.2 Å². The first-order valence-electron chi connectivity index (χ1n) is 6.65. The number of imide groups is 1. The van der Waals surface area contributed by atoms with Crippen molar-refractivity contribution >= 4 is 11.9 Å². The molecule has 1 N–H and O–H groups in total. The molecule has 5 heteroatoms. The van der Waals surface area contributed by atoms with E-state index in [2.05, 4.69) is 5.32 Å². The average Bonchev–Trinajstić information content (AvgIpc) is 2.62. The summed E-state index contributed by atoms with van der Waals surface area (Å²) in [5.74, 6) is -0.455. The smallest absolute Gasteiger partial charge is 0.324 e. The maximum absolute atomic E-state index is 12.9. The summed E-state index contributed by atoms with van der Waals surface area (Å²) in [4.78, 5) is 25.5. The lowest BCUT2D eigenvalue weighted by Crippen LogP contribution is -2.45. The van der Waals surface area contributed by atoms with Gasteiger partial charge in [-0.2, -0.15) is 0 Å². The monoisotopic (exact) mass is 278 g/mol. The van der Waals surface area contributed by atoms with Gasteiger partial charge in [-0.05, 0) is 30.5 Å². The highest BCUT2D eigenvalue weighted by Gasteiger charge is 2.47. The van der Waals surface area contributed by atoms with Crippen LogP contribution in [0.3, 0.4) is 0 Å². The van der Waals surface area contributed by atoms with Gasteiger partial charge in [0.2, 0.25) is 5.91 Å².